The molecule has 0 aliphatic heterocycles. The molecule has 0 fully saturated rings. The molecule has 0 aliphatic carbocycles. The number of nitrogens with one attached hydrogen (secondary N) is 2. The number of fused-ring (bicyclic) bond motifs is 1. The third kappa shape index (κ3) is 4.19. The number of rotatable bonds is 6. The van der Waals surface area contributed by atoms with Crippen molar-refractivity contribution in [3.05, 3.63) is 96.8 Å². The van der Waals surface area contributed by atoms with Gasteiger partial charge in [0.15, 0.2) is 0 Å². The molecular formula is C27H23N5O2. The Balaban J connectivity index is 1.44. The molecule has 0 saturated carbocycles. The van der Waals surface area contributed by atoms with E-state index in [1.54, 1.807) is 25.4 Å². The van der Waals surface area contributed by atoms with Gasteiger partial charge >= 0.3 is 0 Å². The lowest BCUT2D eigenvalue weighted by Crippen LogP contribution is -2.18. The molecule has 3 aromatic carbocycles. The number of imidazole rings is 1. The number of hydrogen-bond donors (Lipinski definition) is 2. The van der Waals surface area contributed by atoms with Crippen LogP contribution in [0.3, 0.4) is 0 Å². The molecule has 2 heterocycles. The zero-order valence-corrected chi connectivity index (χ0v) is 18.8. The van der Waals surface area contributed by atoms with Crippen molar-refractivity contribution in [2.75, 3.05) is 12.4 Å². The number of carbonyl (C=O) groups excluding carboxylic acids is 1. The van der Waals surface area contributed by atoms with E-state index in [9.17, 15) is 4.79 Å². The first-order chi connectivity index (χ1) is 16.6. The summed E-state index contributed by atoms with van der Waals surface area (Å²) < 4.78 is 7.99. The molecule has 168 valence electrons. The number of pyridine rings is 1. The van der Waals surface area contributed by atoms with Gasteiger partial charge in [0.1, 0.15) is 17.2 Å². The summed E-state index contributed by atoms with van der Waals surface area (Å²) in [5, 5.41) is 6.05. The fourth-order valence-corrected chi connectivity index (χ4v) is 3.80. The average molecular weight is 450 g/mol. The fourth-order valence-electron chi connectivity index (χ4n) is 3.80. The van der Waals surface area contributed by atoms with Crippen LogP contribution in [0.15, 0.2) is 91.1 Å². The van der Waals surface area contributed by atoms with Gasteiger partial charge in [-0.15, -0.1) is 0 Å². The van der Waals surface area contributed by atoms with Crippen LogP contribution < -0.4 is 15.4 Å². The highest BCUT2D eigenvalue weighted by atomic mass is 16.5. The summed E-state index contributed by atoms with van der Waals surface area (Å²) in [6.45, 7) is 0. The van der Waals surface area contributed by atoms with Gasteiger partial charge in [-0.3, -0.25) is 9.78 Å². The number of para-hydroxylation sites is 1. The van der Waals surface area contributed by atoms with Crippen molar-refractivity contribution in [1.29, 1.82) is 0 Å². The van der Waals surface area contributed by atoms with Gasteiger partial charge in [0, 0.05) is 43.7 Å². The van der Waals surface area contributed by atoms with E-state index in [2.05, 4.69) is 33.8 Å². The SMILES string of the molecule is CNC(=O)c1cc(Oc2ccc3c(c2)nc(Nc2ccccc2-c2ccccc2)n3C)ccn1. The highest BCUT2D eigenvalue weighted by Crippen LogP contribution is 2.32. The fraction of sp³-hybridized carbons (Fsp3) is 0.0741. The van der Waals surface area contributed by atoms with Gasteiger partial charge in [-0.25, -0.2) is 4.98 Å². The highest BCUT2D eigenvalue weighted by Gasteiger charge is 2.13. The van der Waals surface area contributed by atoms with Gasteiger partial charge < -0.3 is 19.9 Å². The number of aromatic nitrogens is 3. The summed E-state index contributed by atoms with van der Waals surface area (Å²) in [5.41, 5.74) is 5.26. The number of nitrogens with zero attached hydrogens (tertiary/aromatic N) is 3. The Morgan fingerprint density at radius 2 is 1.68 bits per heavy atom. The first kappa shape index (κ1) is 21.2. The molecule has 5 aromatic rings. The van der Waals surface area contributed by atoms with Gasteiger partial charge in [0.25, 0.3) is 5.91 Å². The van der Waals surface area contributed by atoms with Gasteiger partial charge in [0.05, 0.1) is 11.0 Å². The Labute approximate surface area is 197 Å². The molecule has 0 radical (unpaired) electrons. The second-order valence-electron chi connectivity index (χ2n) is 7.74. The highest BCUT2D eigenvalue weighted by molar-refractivity contribution is 5.92. The summed E-state index contributed by atoms with van der Waals surface area (Å²) in [4.78, 5) is 20.7. The van der Waals surface area contributed by atoms with Gasteiger partial charge in [0.2, 0.25) is 5.95 Å². The van der Waals surface area contributed by atoms with Crippen molar-refractivity contribution in [2.24, 2.45) is 7.05 Å². The minimum Gasteiger partial charge on any atom is -0.457 e. The molecule has 2 N–H and O–H groups in total. The lowest BCUT2D eigenvalue weighted by molar-refractivity contribution is 0.0958. The predicted octanol–water partition coefficient (Wildman–Crippen LogP) is 5.53. The molecule has 7 heteroatoms. The minimum atomic E-state index is -0.267. The van der Waals surface area contributed by atoms with Crippen LogP contribution in [0.25, 0.3) is 22.2 Å². The maximum atomic E-state index is 11.8. The number of benzene rings is 3. The summed E-state index contributed by atoms with van der Waals surface area (Å²) in [6, 6.07) is 27.5. The van der Waals surface area contributed by atoms with Crippen LogP contribution in [0.5, 0.6) is 11.5 Å². The maximum absolute atomic E-state index is 11.8. The first-order valence-corrected chi connectivity index (χ1v) is 10.9. The van der Waals surface area contributed by atoms with Crippen molar-refractivity contribution in [2.45, 2.75) is 0 Å². The molecule has 0 aliphatic rings. The summed E-state index contributed by atoms with van der Waals surface area (Å²) in [5.74, 6) is 1.60. The van der Waals surface area contributed by atoms with Crippen molar-refractivity contribution < 1.29 is 9.53 Å². The Morgan fingerprint density at radius 3 is 2.50 bits per heavy atom. The van der Waals surface area contributed by atoms with Gasteiger partial charge in [-0.1, -0.05) is 48.5 Å². The monoisotopic (exact) mass is 449 g/mol. The first-order valence-electron chi connectivity index (χ1n) is 10.9. The Kier molecular flexibility index (Phi) is 5.66. The van der Waals surface area contributed by atoms with E-state index < -0.39 is 0 Å². The quantitative estimate of drug-likeness (QED) is 0.356. The number of hydrogen-bond acceptors (Lipinski definition) is 5. The van der Waals surface area contributed by atoms with Crippen LogP contribution in [0, 0.1) is 0 Å². The molecule has 7 nitrogen and oxygen atoms in total. The smallest absolute Gasteiger partial charge is 0.269 e. The summed E-state index contributed by atoms with van der Waals surface area (Å²) in [7, 11) is 3.54. The lowest BCUT2D eigenvalue weighted by atomic mass is 10.0. The van der Waals surface area contributed by atoms with E-state index in [-0.39, 0.29) is 5.91 Å². The number of amides is 1. The predicted molar refractivity (Wildman–Crippen MR) is 134 cm³/mol. The lowest BCUT2D eigenvalue weighted by Gasteiger charge is -2.12. The molecule has 5 rings (SSSR count). The molecule has 2 aromatic heterocycles. The van der Waals surface area contributed by atoms with Crippen LogP contribution in [-0.4, -0.2) is 27.5 Å². The largest absolute Gasteiger partial charge is 0.457 e. The molecule has 0 atom stereocenters. The van der Waals surface area contributed by atoms with Crippen LogP contribution in [0.4, 0.5) is 11.6 Å². The van der Waals surface area contributed by atoms with E-state index in [0.717, 1.165) is 33.8 Å². The van der Waals surface area contributed by atoms with Crippen molar-refractivity contribution in [3.8, 4) is 22.6 Å². The summed E-state index contributed by atoms with van der Waals surface area (Å²) in [6.07, 6.45) is 1.55. The molecular weight excluding hydrogens is 426 g/mol. The Morgan fingerprint density at radius 1 is 0.912 bits per heavy atom. The average Bonchev–Trinajstić information content (AvgIpc) is 3.18. The summed E-state index contributed by atoms with van der Waals surface area (Å²) >= 11 is 0. The standard InChI is InChI=1S/C27H23N5O2/c1-28-26(33)24-17-20(14-15-29-24)34-19-12-13-25-23(16-19)31-27(32(25)2)30-22-11-7-6-10-21(22)18-8-4-3-5-9-18/h3-17H,1-2H3,(H,28,33)(H,30,31). The van der Waals surface area contributed by atoms with Gasteiger partial charge in [-0.2, -0.15) is 0 Å². The molecule has 0 saturated heterocycles. The second-order valence-corrected chi connectivity index (χ2v) is 7.74. The molecule has 0 spiro atoms. The van der Waals surface area contributed by atoms with Crippen LogP contribution >= 0.6 is 0 Å². The molecule has 0 bridgehead atoms. The van der Waals surface area contributed by atoms with Crippen molar-refractivity contribution >= 4 is 28.6 Å². The molecule has 1 amide bonds. The zero-order valence-electron chi connectivity index (χ0n) is 18.8. The molecule has 34 heavy (non-hydrogen) atoms. The number of ether oxygens (including phenoxy) is 1. The Hall–Kier alpha value is -4.65. The number of anilines is 2. The van der Waals surface area contributed by atoms with Crippen LogP contribution in [0.2, 0.25) is 0 Å². The Bertz CT molecular complexity index is 1480. The van der Waals surface area contributed by atoms with Crippen LogP contribution in [0.1, 0.15) is 10.5 Å². The normalized spacial score (nSPS) is 10.8. The number of carbonyl (C=O) groups is 1. The van der Waals surface area contributed by atoms with Crippen molar-refractivity contribution in [3.63, 3.8) is 0 Å². The third-order valence-corrected chi connectivity index (χ3v) is 5.54. The topological polar surface area (TPSA) is 81.1 Å². The second kappa shape index (κ2) is 9.07. The maximum Gasteiger partial charge on any atom is 0.269 e. The van der Waals surface area contributed by atoms with E-state index in [1.807, 2.05) is 66.2 Å². The van der Waals surface area contributed by atoms with E-state index >= 15 is 0 Å². The van der Waals surface area contributed by atoms with E-state index in [1.165, 1.54) is 0 Å². The minimum absolute atomic E-state index is 0.267. The van der Waals surface area contributed by atoms with E-state index in [0.29, 0.717) is 17.2 Å². The van der Waals surface area contributed by atoms with Crippen LogP contribution in [-0.2, 0) is 7.05 Å². The van der Waals surface area contributed by atoms with E-state index in [4.69, 9.17) is 9.72 Å². The van der Waals surface area contributed by atoms with Gasteiger partial charge in [-0.05, 0) is 29.8 Å². The third-order valence-electron chi connectivity index (χ3n) is 5.54. The zero-order chi connectivity index (χ0) is 23.5. The number of aryl methyl sites for hydroxylation is 1. The van der Waals surface area contributed by atoms with Crippen molar-refractivity contribution in [1.82, 2.24) is 19.9 Å². The molecule has 0 unspecified atom stereocenters.